The van der Waals surface area contributed by atoms with Crippen LogP contribution in [0.5, 0.6) is 0 Å². The van der Waals surface area contributed by atoms with Crippen molar-refractivity contribution in [1.82, 2.24) is 29.6 Å². The van der Waals surface area contributed by atoms with Gasteiger partial charge in [0.2, 0.25) is 0 Å². The second-order valence-corrected chi connectivity index (χ2v) is 10.6. The molecule has 3 aromatic heterocycles. The van der Waals surface area contributed by atoms with Gasteiger partial charge in [-0.05, 0) is 68.6 Å². The van der Waals surface area contributed by atoms with Crippen molar-refractivity contribution in [3.05, 3.63) is 100 Å². The fraction of sp³-hybridized carbons (Fsp3) is 0.333. The van der Waals surface area contributed by atoms with Crippen LogP contribution < -0.4 is 5.76 Å². The second kappa shape index (κ2) is 9.95. The molecule has 5 heterocycles. The van der Waals surface area contributed by atoms with Gasteiger partial charge in [0.05, 0.1) is 17.6 Å². The lowest BCUT2D eigenvalue weighted by Gasteiger charge is -2.32. The number of nitrogens with one attached hydrogen (secondary N) is 1. The summed E-state index contributed by atoms with van der Waals surface area (Å²) in [6.07, 6.45) is 5.59. The van der Waals surface area contributed by atoms with Crippen LogP contribution in [0.2, 0.25) is 0 Å². The summed E-state index contributed by atoms with van der Waals surface area (Å²) in [6, 6.07) is 9.70. The van der Waals surface area contributed by atoms with Crippen molar-refractivity contribution >= 4 is 11.0 Å². The molecule has 0 amide bonds. The Labute approximate surface area is 231 Å². The van der Waals surface area contributed by atoms with Gasteiger partial charge in [0.25, 0.3) is 5.79 Å². The van der Waals surface area contributed by atoms with Gasteiger partial charge in [0, 0.05) is 31.3 Å². The van der Waals surface area contributed by atoms with Gasteiger partial charge in [-0.1, -0.05) is 30.5 Å². The molecular weight excluding hydrogens is 508 g/mol. The van der Waals surface area contributed by atoms with Crippen molar-refractivity contribution in [2.45, 2.75) is 39.0 Å². The van der Waals surface area contributed by atoms with Crippen LogP contribution in [0.15, 0.2) is 82.2 Å². The van der Waals surface area contributed by atoms with Crippen LogP contribution in [-0.4, -0.2) is 42.7 Å². The van der Waals surface area contributed by atoms with Crippen molar-refractivity contribution in [3.8, 4) is 11.4 Å². The first-order valence-electron chi connectivity index (χ1n) is 13.3. The summed E-state index contributed by atoms with van der Waals surface area (Å²) < 4.78 is 19.2. The average Bonchev–Trinajstić information content (AvgIpc) is 3.61. The Morgan fingerprint density at radius 2 is 2.02 bits per heavy atom. The predicted octanol–water partition coefficient (Wildman–Crippen LogP) is 4.71. The van der Waals surface area contributed by atoms with Gasteiger partial charge in [-0.15, -0.1) is 0 Å². The van der Waals surface area contributed by atoms with Crippen molar-refractivity contribution in [2.75, 3.05) is 13.1 Å². The number of H-pyrrole nitrogens is 1. The maximum Gasteiger partial charge on any atom is 0.439 e. The average molecular weight is 541 g/mol. The predicted molar refractivity (Wildman–Crippen MR) is 150 cm³/mol. The Morgan fingerprint density at radius 3 is 2.70 bits per heavy atom. The molecule has 2 aliphatic heterocycles. The number of ether oxygens (including phenoxy) is 2. The molecular formula is C30H32N6O4. The van der Waals surface area contributed by atoms with E-state index < -0.39 is 11.5 Å². The van der Waals surface area contributed by atoms with Gasteiger partial charge in [-0.2, -0.15) is 0 Å². The van der Waals surface area contributed by atoms with E-state index in [9.17, 15) is 4.79 Å². The molecule has 1 N–H and O–H groups in total. The van der Waals surface area contributed by atoms with Gasteiger partial charge in [-0.3, -0.25) is 19.4 Å². The maximum absolute atomic E-state index is 11.4. The molecule has 2 saturated heterocycles. The molecule has 1 aromatic carbocycles. The lowest BCUT2D eigenvalue weighted by Crippen LogP contribution is -2.34. The molecule has 0 radical (unpaired) electrons. The summed E-state index contributed by atoms with van der Waals surface area (Å²) in [5, 5.41) is 3.79. The highest BCUT2D eigenvalue weighted by Gasteiger charge is 2.43. The number of pyridine rings is 1. The van der Waals surface area contributed by atoms with E-state index in [4.69, 9.17) is 14.5 Å². The number of rotatable bonds is 6. The van der Waals surface area contributed by atoms with E-state index in [1.165, 1.54) is 0 Å². The van der Waals surface area contributed by atoms with Crippen LogP contribution in [0.3, 0.4) is 0 Å². The van der Waals surface area contributed by atoms with Crippen molar-refractivity contribution in [3.63, 3.8) is 0 Å². The number of fused-ring (bicyclic) bond motifs is 1. The number of aromatic amines is 1. The normalized spacial score (nSPS) is 21.4. The molecule has 1 unspecified atom stereocenters. The number of likely N-dealkylation sites (tertiary alicyclic amines) is 1. The molecule has 10 nitrogen and oxygen atoms in total. The third-order valence-electron chi connectivity index (χ3n) is 7.81. The van der Waals surface area contributed by atoms with E-state index in [1.54, 1.807) is 0 Å². The molecule has 2 fully saturated rings. The van der Waals surface area contributed by atoms with E-state index in [2.05, 4.69) is 42.3 Å². The van der Waals surface area contributed by atoms with E-state index in [0.717, 1.165) is 66.0 Å². The van der Waals surface area contributed by atoms with Crippen molar-refractivity contribution in [1.29, 1.82) is 0 Å². The molecule has 1 atom stereocenters. The Balaban J connectivity index is 1.15. The van der Waals surface area contributed by atoms with Gasteiger partial charge in [-0.25, -0.2) is 9.78 Å². The lowest BCUT2D eigenvalue weighted by molar-refractivity contribution is -0.132. The van der Waals surface area contributed by atoms with Crippen LogP contribution in [0.1, 0.15) is 36.8 Å². The number of hydrogen-bond donors (Lipinski definition) is 1. The van der Waals surface area contributed by atoms with E-state index in [1.807, 2.05) is 63.5 Å². The van der Waals surface area contributed by atoms with Crippen molar-refractivity contribution in [2.24, 2.45) is 13.0 Å². The van der Waals surface area contributed by atoms with Crippen LogP contribution in [-0.2, 0) is 28.9 Å². The topological polar surface area (TPSA) is 111 Å². The number of nitrogens with zero attached hydrogens (tertiary/aromatic N) is 5. The van der Waals surface area contributed by atoms with Crippen LogP contribution in [0, 0.1) is 12.8 Å². The fourth-order valence-corrected chi connectivity index (χ4v) is 5.54. The highest BCUT2D eigenvalue weighted by atomic mass is 16.7. The summed E-state index contributed by atoms with van der Waals surface area (Å²) in [7, 11) is 2.01. The minimum atomic E-state index is -1.02. The number of hydrogen-bond acceptors (Lipinski definition) is 8. The Hall–Kier alpha value is -4.44. The summed E-state index contributed by atoms with van der Waals surface area (Å²) in [6.45, 7) is 14.7. The fourth-order valence-electron chi connectivity index (χ4n) is 5.54. The summed E-state index contributed by atoms with van der Waals surface area (Å²) in [4.78, 5) is 25.8. The first-order valence-corrected chi connectivity index (χ1v) is 13.3. The quantitative estimate of drug-likeness (QED) is 0.375. The van der Waals surface area contributed by atoms with Gasteiger partial charge < -0.3 is 14.0 Å². The number of aryl methyl sites for hydroxylation is 2. The second-order valence-electron chi connectivity index (χ2n) is 10.6. The van der Waals surface area contributed by atoms with E-state index >= 15 is 0 Å². The number of aromatic nitrogens is 5. The number of imidazole rings is 1. The summed E-state index contributed by atoms with van der Waals surface area (Å²) in [5.41, 5.74) is 5.44. The van der Waals surface area contributed by atoms with E-state index in [-0.39, 0.29) is 5.92 Å². The Bertz CT molecular complexity index is 1690. The van der Waals surface area contributed by atoms with Crippen LogP contribution in [0.25, 0.3) is 22.4 Å². The van der Waals surface area contributed by atoms with Gasteiger partial charge in [0.1, 0.15) is 11.5 Å². The summed E-state index contributed by atoms with van der Waals surface area (Å²) in [5.74, 6) is 1.24. The summed E-state index contributed by atoms with van der Waals surface area (Å²) >= 11 is 0. The zero-order chi connectivity index (χ0) is 28.0. The highest BCUT2D eigenvalue weighted by Crippen LogP contribution is 2.44. The minimum Gasteiger partial charge on any atom is -0.444 e. The molecule has 0 aliphatic carbocycles. The molecule has 0 saturated carbocycles. The van der Waals surface area contributed by atoms with Crippen LogP contribution in [0.4, 0.5) is 0 Å². The van der Waals surface area contributed by atoms with E-state index in [0.29, 0.717) is 23.0 Å². The smallest absolute Gasteiger partial charge is 0.439 e. The number of benzene rings is 1. The molecule has 10 heteroatoms. The third kappa shape index (κ3) is 4.64. The standard InChI is InChI=1S/C30H32N6O4/c1-6-22(27-19(3)38-30(4,39-27)25-10-7-18(2)16-31-25)20-11-13-36(14-12-20)17-26-32-23-9-8-21(15-24(23)35(26)5)28-33-29(37)40-34-28/h6-10,15-16,20H,1,3,11-14,17H2,2,4-5H3,(H,33,34,37)/b27-22-. The monoisotopic (exact) mass is 540 g/mol. The molecule has 206 valence electrons. The Morgan fingerprint density at radius 1 is 1.23 bits per heavy atom. The van der Waals surface area contributed by atoms with Crippen molar-refractivity contribution < 1.29 is 14.0 Å². The zero-order valence-electron chi connectivity index (χ0n) is 22.9. The number of piperidine rings is 1. The SMILES string of the molecule is C=C/C(=C1/OC(C)(c2ccc(C)cn2)OC1=C)C1CCN(Cc2nc3ccc(-c4noc(=O)[nH]4)cc3n2C)CC1. The molecule has 40 heavy (non-hydrogen) atoms. The first-order chi connectivity index (χ1) is 19.2. The molecule has 0 spiro atoms. The molecule has 0 bridgehead atoms. The van der Waals surface area contributed by atoms with Gasteiger partial charge >= 0.3 is 5.76 Å². The molecule has 6 rings (SSSR count). The maximum atomic E-state index is 11.4. The van der Waals surface area contributed by atoms with Crippen LogP contribution >= 0.6 is 0 Å². The molecule has 2 aliphatic rings. The lowest BCUT2D eigenvalue weighted by atomic mass is 9.88. The minimum absolute atomic E-state index is 0.282. The Kier molecular flexibility index (Phi) is 6.42. The van der Waals surface area contributed by atoms with Gasteiger partial charge in [0.15, 0.2) is 17.3 Å². The highest BCUT2D eigenvalue weighted by molar-refractivity contribution is 5.81. The number of allylic oxidation sites excluding steroid dienone is 2. The largest absolute Gasteiger partial charge is 0.444 e. The zero-order valence-corrected chi connectivity index (χ0v) is 22.9. The third-order valence-corrected chi connectivity index (χ3v) is 7.81. The first kappa shape index (κ1) is 25.8. The molecule has 4 aromatic rings.